The van der Waals surface area contributed by atoms with E-state index in [2.05, 4.69) is 37.2 Å². The molecule has 8 nitrogen and oxygen atoms in total. The molecule has 0 spiro atoms. The number of nitrogens with one attached hydrogen (secondary N) is 1. The van der Waals surface area contributed by atoms with E-state index in [1.807, 2.05) is 0 Å². The van der Waals surface area contributed by atoms with Gasteiger partial charge in [0.2, 0.25) is 0 Å². The zero-order chi connectivity index (χ0) is 26.0. The van der Waals surface area contributed by atoms with Crippen molar-refractivity contribution in [3.05, 3.63) is 96.9 Å². The van der Waals surface area contributed by atoms with Crippen molar-refractivity contribution in [3.8, 4) is 5.75 Å². The maximum Gasteiger partial charge on any atom is 0.335 e. The number of ether oxygens (including phenoxy) is 1. The Morgan fingerprint density at radius 3 is 2.44 bits per heavy atom. The highest BCUT2D eigenvalue weighted by atomic mass is 79.9. The quantitative estimate of drug-likeness (QED) is 0.262. The number of rotatable bonds is 6. The number of urea groups is 1. The lowest BCUT2D eigenvalue weighted by atomic mass is 10.1. The number of amides is 4. The largest absolute Gasteiger partial charge is 0.487 e. The first kappa shape index (κ1) is 25.6. The van der Waals surface area contributed by atoms with E-state index in [-0.39, 0.29) is 23.4 Å². The van der Waals surface area contributed by atoms with Crippen molar-refractivity contribution in [1.82, 2.24) is 5.32 Å². The molecule has 1 aliphatic rings. The zero-order valence-corrected chi connectivity index (χ0v) is 22.1. The minimum absolute atomic E-state index is 0.0869. The molecule has 0 unspecified atom stereocenters. The van der Waals surface area contributed by atoms with Crippen LogP contribution in [0.4, 0.5) is 10.5 Å². The molecule has 182 valence electrons. The van der Waals surface area contributed by atoms with E-state index in [9.17, 15) is 19.2 Å². The van der Waals surface area contributed by atoms with Gasteiger partial charge < -0.3 is 9.84 Å². The lowest BCUT2D eigenvalue weighted by molar-refractivity contribution is -0.122. The molecule has 3 aromatic rings. The molecular formula is C25H15Br2ClN2O6. The highest BCUT2D eigenvalue weighted by Gasteiger charge is 2.37. The van der Waals surface area contributed by atoms with E-state index in [0.29, 0.717) is 30.8 Å². The molecular weight excluding hydrogens is 620 g/mol. The maximum atomic E-state index is 13.2. The van der Waals surface area contributed by atoms with Crippen molar-refractivity contribution in [2.24, 2.45) is 0 Å². The lowest BCUT2D eigenvalue weighted by Gasteiger charge is -2.26. The van der Waals surface area contributed by atoms with Crippen molar-refractivity contribution in [2.75, 3.05) is 4.90 Å². The Bertz CT molecular complexity index is 1440. The Kier molecular flexibility index (Phi) is 7.58. The minimum atomic E-state index is -1.03. The van der Waals surface area contributed by atoms with Crippen molar-refractivity contribution >= 4 is 79.0 Å². The fraction of sp³-hybridized carbons (Fsp3) is 0.0400. The number of hydrogen-bond donors (Lipinski definition) is 2. The van der Waals surface area contributed by atoms with Gasteiger partial charge in [-0.25, -0.2) is 14.5 Å². The van der Waals surface area contributed by atoms with Gasteiger partial charge in [-0.05, 0) is 70.0 Å². The van der Waals surface area contributed by atoms with E-state index in [4.69, 9.17) is 21.4 Å². The van der Waals surface area contributed by atoms with Crippen molar-refractivity contribution in [3.63, 3.8) is 0 Å². The number of carbonyl (C=O) groups excluding carboxylic acids is 3. The van der Waals surface area contributed by atoms with E-state index in [1.54, 1.807) is 36.4 Å². The third kappa shape index (κ3) is 5.51. The van der Waals surface area contributed by atoms with E-state index in [1.165, 1.54) is 30.3 Å². The number of benzene rings is 3. The summed E-state index contributed by atoms with van der Waals surface area (Å²) in [7, 11) is 0. The van der Waals surface area contributed by atoms with E-state index in [0.717, 1.165) is 4.90 Å². The molecule has 0 aliphatic carbocycles. The smallest absolute Gasteiger partial charge is 0.335 e. The number of halogens is 3. The molecule has 4 rings (SSSR count). The van der Waals surface area contributed by atoms with Crippen LogP contribution in [0.15, 0.2) is 75.2 Å². The molecule has 1 fully saturated rings. The van der Waals surface area contributed by atoms with Gasteiger partial charge in [0.15, 0.2) is 0 Å². The van der Waals surface area contributed by atoms with Crippen LogP contribution in [0.2, 0.25) is 5.02 Å². The van der Waals surface area contributed by atoms with Gasteiger partial charge in [-0.2, -0.15) is 0 Å². The van der Waals surface area contributed by atoms with Crippen LogP contribution in [0.1, 0.15) is 21.5 Å². The average molecular weight is 635 g/mol. The summed E-state index contributed by atoms with van der Waals surface area (Å²) < 4.78 is 7.15. The van der Waals surface area contributed by atoms with Crippen LogP contribution in [0.5, 0.6) is 5.75 Å². The second-order valence-electron chi connectivity index (χ2n) is 7.53. The van der Waals surface area contributed by atoms with Gasteiger partial charge in [-0.1, -0.05) is 45.7 Å². The lowest BCUT2D eigenvalue weighted by Crippen LogP contribution is -2.54. The van der Waals surface area contributed by atoms with Gasteiger partial charge in [-0.3, -0.25) is 14.9 Å². The summed E-state index contributed by atoms with van der Waals surface area (Å²) in [6.45, 7) is 0.0869. The van der Waals surface area contributed by atoms with Crippen molar-refractivity contribution in [1.29, 1.82) is 0 Å². The second kappa shape index (κ2) is 10.7. The zero-order valence-electron chi connectivity index (χ0n) is 18.1. The number of anilines is 1. The number of carboxylic acids is 1. The number of imide groups is 2. The summed E-state index contributed by atoms with van der Waals surface area (Å²) >= 11 is 12.8. The SMILES string of the molecule is O=C1NC(=O)N(c2cccc(Cl)c2)C(=O)/C1=C/c1cc(Br)cc(Br)c1OCc1ccc(C(=O)O)cc1. The van der Waals surface area contributed by atoms with Gasteiger partial charge >= 0.3 is 12.0 Å². The molecule has 2 N–H and O–H groups in total. The number of hydrogen-bond acceptors (Lipinski definition) is 5. The van der Waals surface area contributed by atoms with Crippen LogP contribution in [0.25, 0.3) is 6.08 Å². The molecule has 0 aromatic heterocycles. The summed E-state index contributed by atoms with van der Waals surface area (Å²) in [5, 5.41) is 11.6. The molecule has 4 amide bonds. The molecule has 0 bridgehead atoms. The minimum Gasteiger partial charge on any atom is -0.487 e. The van der Waals surface area contributed by atoms with Crippen LogP contribution in [-0.4, -0.2) is 28.9 Å². The molecule has 0 saturated carbocycles. The fourth-order valence-corrected chi connectivity index (χ4v) is 4.96. The Labute approximate surface area is 226 Å². The Hall–Kier alpha value is -3.47. The predicted octanol–water partition coefficient (Wildman–Crippen LogP) is 5.81. The molecule has 0 radical (unpaired) electrons. The predicted molar refractivity (Wildman–Crippen MR) is 140 cm³/mol. The van der Waals surface area contributed by atoms with E-state index < -0.39 is 23.8 Å². The van der Waals surface area contributed by atoms with Crippen LogP contribution in [0.3, 0.4) is 0 Å². The number of aromatic carboxylic acids is 1. The number of barbiturate groups is 1. The molecule has 36 heavy (non-hydrogen) atoms. The highest BCUT2D eigenvalue weighted by molar-refractivity contribution is 9.11. The van der Waals surface area contributed by atoms with Crippen LogP contribution < -0.4 is 15.0 Å². The van der Waals surface area contributed by atoms with Crippen LogP contribution >= 0.6 is 43.5 Å². The van der Waals surface area contributed by atoms with Gasteiger partial charge in [0, 0.05) is 15.1 Å². The van der Waals surface area contributed by atoms with Crippen molar-refractivity contribution < 1.29 is 29.0 Å². The first-order chi connectivity index (χ1) is 17.1. The third-order valence-corrected chi connectivity index (χ3v) is 6.37. The topological polar surface area (TPSA) is 113 Å². The monoisotopic (exact) mass is 632 g/mol. The normalized spacial score (nSPS) is 14.7. The molecule has 11 heteroatoms. The number of nitrogens with zero attached hydrogens (tertiary/aromatic N) is 1. The summed E-state index contributed by atoms with van der Waals surface area (Å²) in [6, 6.07) is 14.8. The molecule has 1 heterocycles. The second-order valence-corrected chi connectivity index (χ2v) is 9.74. The molecule has 3 aromatic carbocycles. The Morgan fingerprint density at radius 1 is 1.06 bits per heavy atom. The number of carboxylic acid groups (broad SMARTS) is 1. The van der Waals surface area contributed by atoms with Gasteiger partial charge in [-0.15, -0.1) is 0 Å². The summed E-state index contributed by atoms with van der Waals surface area (Å²) in [5.74, 6) is -2.38. The average Bonchev–Trinajstić information content (AvgIpc) is 2.81. The summed E-state index contributed by atoms with van der Waals surface area (Å²) in [4.78, 5) is 50.2. The first-order valence-electron chi connectivity index (χ1n) is 10.2. The first-order valence-corrected chi connectivity index (χ1v) is 12.2. The van der Waals surface area contributed by atoms with Gasteiger partial charge in [0.25, 0.3) is 11.8 Å². The van der Waals surface area contributed by atoms with Crippen LogP contribution in [-0.2, 0) is 16.2 Å². The Balaban J connectivity index is 1.68. The maximum absolute atomic E-state index is 13.2. The fourth-order valence-electron chi connectivity index (χ4n) is 3.40. The molecule has 1 saturated heterocycles. The standard InChI is InChI=1S/C25H15Br2ClN2O6/c26-16-8-15(21(20(27)10-16)36-12-13-4-6-14(7-5-13)24(33)34)9-19-22(31)29-25(35)30(23(19)32)18-3-1-2-17(28)11-18/h1-11H,12H2,(H,33,34)(H,29,31,35)/b19-9+. The van der Waals surface area contributed by atoms with Crippen molar-refractivity contribution in [2.45, 2.75) is 6.61 Å². The van der Waals surface area contributed by atoms with Crippen LogP contribution in [0, 0.1) is 0 Å². The third-order valence-electron chi connectivity index (χ3n) is 5.09. The summed E-state index contributed by atoms with van der Waals surface area (Å²) in [5.41, 5.74) is 1.17. The number of carbonyl (C=O) groups is 4. The Morgan fingerprint density at radius 2 is 1.78 bits per heavy atom. The van der Waals surface area contributed by atoms with Gasteiger partial charge in [0.05, 0.1) is 15.7 Å². The molecule has 0 atom stereocenters. The van der Waals surface area contributed by atoms with E-state index >= 15 is 0 Å². The van der Waals surface area contributed by atoms with Gasteiger partial charge in [0.1, 0.15) is 17.9 Å². The molecule has 1 aliphatic heterocycles. The summed E-state index contributed by atoms with van der Waals surface area (Å²) in [6.07, 6.45) is 1.33. The highest BCUT2D eigenvalue weighted by Crippen LogP contribution is 2.36.